The number of esters is 1. The van der Waals surface area contributed by atoms with Crippen molar-refractivity contribution in [3.8, 4) is 0 Å². The minimum absolute atomic E-state index is 0.0311. The number of allylic oxidation sites excluding steroid dienone is 1. The summed E-state index contributed by atoms with van der Waals surface area (Å²) in [7, 11) is -3.85. The molecule has 24 heavy (non-hydrogen) atoms. The third-order valence-electron chi connectivity index (χ3n) is 4.01. The van der Waals surface area contributed by atoms with Gasteiger partial charge in [0.1, 0.15) is 5.57 Å². The predicted molar refractivity (Wildman–Crippen MR) is 86.4 cm³/mol. The van der Waals surface area contributed by atoms with Gasteiger partial charge in [-0.1, -0.05) is 23.8 Å². The SMILES string of the molecule is CCOC(=O)C1=C2C(=CCN2S(=O)(=O)c2ccc(C)cc2)CC1=O. The van der Waals surface area contributed by atoms with Crippen molar-refractivity contribution in [2.45, 2.75) is 25.2 Å². The zero-order chi connectivity index (χ0) is 17.5. The van der Waals surface area contributed by atoms with E-state index in [-0.39, 0.29) is 35.7 Å². The zero-order valence-corrected chi connectivity index (χ0v) is 14.2. The zero-order valence-electron chi connectivity index (χ0n) is 13.4. The summed E-state index contributed by atoms with van der Waals surface area (Å²) in [6, 6.07) is 6.45. The highest BCUT2D eigenvalue weighted by atomic mass is 32.2. The molecule has 0 amide bonds. The number of hydrogen-bond donors (Lipinski definition) is 0. The Hall–Kier alpha value is -2.41. The van der Waals surface area contributed by atoms with Gasteiger partial charge in [-0.05, 0) is 31.6 Å². The van der Waals surface area contributed by atoms with Crippen molar-refractivity contribution >= 4 is 21.8 Å². The maximum Gasteiger partial charge on any atom is 0.343 e. The van der Waals surface area contributed by atoms with Crippen molar-refractivity contribution in [3.05, 3.63) is 52.7 Å². The van der Waals surface area contributed by atoms with Gasteiger partial charge in [0.15, 0.2) is 5.78 Å². The summed E-state index contributed by atoms with van der Waals surface area (Å²) in [6.07, 6.45) is 1.70. The average molecular weight is 347 g/mol. The highest BCUT2D eigenvalue weighted by molar-refractivity contribution is 7.89. The summed E-state index contributed by atoms with van der Waals surface area (Å²) in [6.45, 7) is 3.72. The second-order valence-corrected chi connectivity index (χ2v) is 7.48. The van der Waals surface area contributed by atoms with Crippen LogP contribution in [0.1, 0.15) is 18.9 Å². The van der Waals surface area contributed by atoms with Crippen molar-refractivity contribution in [1.29, 1.82) is 0 Å². The van der Waals surface area contributed by atoms with Gasteiger partial charge in [-0.2, -0.15) is 0 Å². The van der Waals surface area contributed by atoms with E-state index in [1.165, 1.54) is 12.1 Å². The summed E-state index contributed by atoms with van der Waals surface area (Å²) in [4.78, 5) is 24.4. The first-order chi connectivity index (χ1) is 11.4. The number of aryl methyl sites for hydroxylation is 1. The molecule has 6 nitrogen and oxygen atoms in total. The molecule has 0 aromatic heterocycles. The van der Waals surface area contributed by atoms with E-state index in [0.717, 1.165) is 9.87 Å². The van der Waals surface area contributed by atoms with Gasteiger partial charge in [-0.25, -0.2) is 13.2 Å². The van der Waals surface area contributed by atoms with E-state index < -0.39 is 21.8 Å². The van der Waals surface area contributed by atoms with Crippen LogP contribution in [-0.4, -0.2) is 37.6 Å². The third-order valence-corrected chi connectivity index (χ3v) is 5.79. The van der Waals surface area contributed by atoms with E-state index in [0.29, 0.717) is 5.57 Å². The highest BCUT2D eigenvalue weighted by Gasteiger charge is 2.42. The molecule has 0 radical (unpaired) electrons. The first-order valence-corrected chi connectivity index (χ1v) is 9.03. The number of hydrogen-bond acceptors (Lipinski definition) is 5. The number of benzene rings is 1. The van der Waals surface area contributed by atoms with Gasteiger partial charge in [-0.15, -0.1) is 0 Å². The average Bonchev–Trinajstić information content (AvgIpc) is 3.05. The van der Waals surface area contributed by atoms with Crippen LogP contribution >= 0.6 is 0 Å². The summed E-state index contributed by atoms with van der Waals surface area (Å²) in [5.41, 5.74) is 1.51. The molecule has 0 spiro atoms. The van der Waals surface area contributed by atoms with Crippen molar-refractivity contribution in [1.82, 2.24) is 4.31 Å². The Labute approximate surface area is 140 Å². The van der Waals surface area contributed by atoms with E-state index in [4.69, 9.17) is 4.74 Å². The van der Waals surface area contributed by atoms with E-state index in [1.807, 2.05) is 6.92 Å². The second kappa shape index (κ2) is 5.90. The Morgan fingerprint density at radius 2 is 1.92 bits per heavy atom. The van der Waals surface area contributed by atoms with Crippen LogP contribution < -0.4 is 0 Å². The fourth-order valence-electron chi connectivity index (χ4n) is 2.85. The van der Waals surface area contributed by atoms with Gasteiger partial charge in [0.05, 0.1) is 23.7 Å². The molecular weight excluding hydrogens is 330 g/mol. The third kappa shape index (κ3) is 2.54. The summed E-state index contributed by atoms with van der Waals surface area (Å²) < 4.78 is 31.9. The summed E-state index contributed by atoms with van der Waals surface area (Å²) >= 11 is 0. The fourth-order valence-corrected chi connectivity index (χ4v) is 4.30. The normalized spacial score (nSPS) is 17.2. The number of ketones is 1. The number of Topliss-reactive ketones (excluding diaryl/α,β-unsaturated/α-hetero) is 1. The Balaban J connectivity index is 2.07. The molecule has 1 aromatic rings. The molecule has 126 valence electrons. The molecule has 7 heteroatoms. The molecule has 0 saturated carbocycles. The molecule has 1 heterocycles. The molecule has 2 aliphatic rings. The van der Waals surface area contributed by atoms with Crippen molar-refractivity contribution < 1.29 is 22.7 Å². The number of ether oxygens (including phenoxy) is 1. The molecule has 0 saturated heterocycles. The number of carbonyl (C=O) groups excluding carboxylic acids is 2. The lowest BCUT2D eigenvalue weighted by Gasteiger charge is -2.21. The lowest BCUT2D eigenvalue weighted by Crippen LogP contribution is -2.29. The lowest BCUT2D eigenvalue weighted by molar-refractivity contribution is -0.139. The molecule has 1 aliphatic heterocycles. The Bertz CT molecular complexity index is 878. The quantitative estimate of drug-likeness (QED) is 0.612. The number of rotatable bonds is 4. The Kier molecular flexibility index (Phi) is 4.04. The number of sulfonamides is 1. The van der Waals surface area contributed by atoms with Gasteiger partial charge in [0.2, 0.25) is 0 Å². The van der Waals surface area contributed by atoms with E-state index in [2.05, 4.69) is 0 Å². The van der Waals surface area contributed by atoms with Gasteiger partial charge in [-0.3, -0.25) is 9.10 Å². The van der Waals surface area contributed by atoms with E-state index in [1.54, 1.807) is 25.1 Å². The molecule has 3 rings (SSSR count). The van der Waals surface area contributed by atoms with Gasteiger partial charge >= 0.3 is 5.97 Å². The number of nitrogens with zero attached hydrogens (tertiary/aromatic N) is 1. The molecule has 0 unspecified atom stereocenters. The Morgan fingerprint density at radius 3 is 2.54 bits per heavy atom. The van der Waals surface area contributed by atoms with Gasteiger partial charge in [0.25, 0.3) is 10.0 Å². The predicted octanol–water partition coefficient (Wildman–Crippen LogP) is 1.72. The van der Waals surface area contributed by atoms with Crippen LogP contribution in [0.4, 0.5) is 0 Å². The topological polar surface area (TPSA) is 80.8 Å². The molecular formula is C17H17NO5S. The van der Waals surface area contributed by atoms with Crippen LogP contribution in [0.25, 0.3) is 0 Å². The van der Waals surface area contributed by atoms with Crippen LogP contribution in [0.3, 0.4) is 0 Å². The van der Waals surface area contributed by atoms with E-state index in [9.17, 15) is 18.0 Å². The fraction of sp³-hybridized carbons (Fsp3) is 0.294. The van der Waals surface area contributed by atoms with Gasteiger partial charge in [0, 0.05) is 6.42 Å². The molecule has 0 atom stereocenters. The largest absolute Gasteiger partial charge is 0.462 e. The molecule has 1 aliphatic carbocycles. The van der Waals surface area contributed by atoms with Crippen LogP contribution in [0.15, 0.2) is 52.1 Å². The van der Waals surface area contributed by atoms with Crippen LogP contribution in [-0.2, 0) is 24.3 Å². The maximum atomic E-state index is 12.9. The van der Waals surface area contributed by atoms with Crippen molar-refractivity contribution in [2.24, 2.45) is 0 Å². The highest BCUT2D eigenvalue weighted by Crippen LogP contribution is 2.39. The first-order valence-electron chi connectivity index (χ1n) is 7.59. The standard InChI is InChI=1S/C17H17NO5S/c1-3-23-17(20)15-14(19)10-12-8-9-18(16(12)15)24(21,22)13-6-4-11(2)5-7-13/h4-8H,3,9-10H2,1-2H3. The smallest absolute Gasteiger partial charge is 0.343 e. The molecule has 0 N–H and O–H groups in total. The molecule has 0 bridgehead atoms. The monoisotopic (exact) mass is 347 g/mol. The Morgan fingerprint density at radius 1 is 1.25 bits per heavy atom. The summed E-state index contributed by atoms with van der Waals surface area (Å²) in [5.74, 6) is -1.18. The number of fused-ring (bicyclic) bond motifs is 1. The molecule has 1 aromatic carbocycles. The first kappa shape index (κ1) is 16.4. The van der Waals surface area contributed by atoms with Crippen LogP contribution in [0, 0.1) is 6.92 Å². The molecule has 0 fully saturated rings. The summed E-state index contributed by atoms with van der Waals surface area (Å²) in [5, 5.41) is 0. The minimum atomic E-state index is -3.85. The van der Waals surface area contributed by atoms with Crippen LogP contribution in [0.2, 0.25) is 0 Å². The van der Waals surface area contributed by atoms with Gasteiger partial charge < -0.3 is 4.74 Å². The van der Waals surface area contributed by atoms with Crippen molar-refractivity contribution in [2.75, 3.05) is 13.2 Å². The second-order valence-electron chi connectivity index (χ2n) is 5.62. The van der Waals surface area contributed by atoms with Crippen LogP contribution in [0.5, 0.6) is 0 Å². The lowest BCUT2D eigenvalue weighted by atomic mass is 10.2. The number of carbonyl (C=O) groups is 2. The van der Waals surface area contributed by atoms with E-state index >= 15 is 0 Å². The minimum Gasteiger partial charge on any atom is -0.462 e. The van der Waals surface area contributed by atoms with Crippen molar-refractivity contribution in [3.63, 3.8) is 0 Å². The maximum absolute atomic E-state index is 12.9.